The van der Waals surface area contributed by atoms with Crippen LogP contribution in [0.1, 0.15) is 106 Å². The molecular weight excluding hydrogens is 392 g/mol. The molecule has 182 valence electrons. The van der Waals surface area contributed by atoms with Crippen molar-refractivity contribution in [1.29, 1.82) is 0 Å². The first kappa shape index (κ1) is 24.5. The molecule has 3 fully saturated rings. The monoisotopic (exact) mass is 442 g/mol. The average molecular weight is 443 g/mol. The minimum atomic E-state index is -0.179. The quantitative estimate of drug-likeness (QED) is 0.450. The number of allylic oxidation sites excluding steroid dienone is 3. The van der Waals surface area contributed by atoms with Crippen LogP contribution in [0.5, 0.6) is 0 Å². The van der Waals surface area contributed by atoms with Crippen LogP contribution in [-0.4, -0.2) is 22.4 Å². The molecule has 2 nitrogen and oxygen atoms in total. The zero-order valence-electron chi connectivity index (χ0n) is 22.0. The minimum absolute atomic E-state index is 0.00673. The largest absolute Gasteiger partial charge is 0.393 e. The van der Waals surface area contributed by atoms with E-state index in [0.717, 1.165) is 38.5 Å². The first-order valence-corrected chi connectivity index (χ1v) is 13.5. The van der Waals surface area contributed by atoms with Gasteiger partial charge in [0.2, 0.25) is 0 Å². The molecule has 4 aliphatic carbocycles. The molecule has 0 heterocycles. The molecule has 0 unspecified atom stereocenters. The van der Waals surface area contributed by atoms with Gasteiger partial charge in [-0.05, 0) is 110 Å². The van der Waals surface area contributed by atoms with Crippen LogP contribution in [0.4, 0.5) is 0 Å². The molecule has 0 radical (unpaired) electrons. The van der Waals surface area contributed by atoms with Gasteiger partial charge in [-0.15, -0.1) is 0 Å². The van der Waals surface area contributed by atoms with Crippen LogP contribution in [0.15, 0.2) is 23.8 Å². The molecule has 0 aromatic carbocycles. The topological polar surface area (TPSA) is 40.5 Å². The summed E-state index contributed by atoms with van der Waals surface area (Å²) < 4.78 is 0. The lowest BCUT2D eigenvalue weighted by molar-refractivity contribution is -0.130. The highest BCUT2D eigenvalue weighted by atomic mass is 16.3. The minimum Gasteiger partial charge on any atom is -0.393 e. The zero-order chi connectivity index (χ0) is 23.7. The first-order valence-electron chi connectivity index (χ1n) is 13.5. The zero-order valence-corrected chi connectivity index (χ0v) is 22.0. The maximum Gasteiger partial charge on any atom is 0.0594 e. The molecule has 0 aromatic heterocycles. The van der Waals surface area contributed by atoms with E-state index < -0.39 is 0 Å². The van der Waals surface area contributed by atoms with Crippen molar-refractivity contribution in [1.82, 2.24) is 0 Å². The van der Waals surface area contributed by atoms with Crippen molar-refractivity contribution >= 4 is 0 Å². The SMILES string of the molecule is C=C1CC[C@H]2C(C)(C)[C@@H](O)CC[C@]2(C)[C@H]1CC[C@H]1C(C)=CC[C@H]2C(C)(C)[C@@H](O)CC[C@]12C. The van der Waals surface area contributed by atoms with Crippen LogP contribution < -0.4 is 0 Å². The van der Waals surface area contributed by atoms with Crippen molar-refractivity contribution in [3.05, 3.63) is 23.8 Å². The Balaban J connectivity index is 1.58. The van der Waals surface area contributed by atoms with Crippen LogP contribution in [0.3, 0.4) is 0 Å². The lowest BCUT2D eigenvalue weighted by Gasteiger charge is -2.60. The number of rotatable bonds is 3. The van der Waals surface area contributed by atoms with Crippen LogP contribution in [0, 0.1) is 45.3 Å². The fraction of sp³-hybridized carbons (Fsp3) is 0.867. The van der Waals surface area contributed by atoms with E-state index in [-0.39, 0.29) is 33.9 Å². The lowest BCUT2D eigenvalue weighted by atomic mass is 9.45. The summed E-state index contributed by atoms with van der Waals surface area (Å²) in [5.41, 5.74) is 3.56. The van der Waals surface area contributed by atoms with Gasteiger partial charge < -0.3 is 10.2 Å². The van der Waals surface area contributed by atoms with E-state index in [9.17, 15) is 10.2 Å². The number of aliphatic hydroxyl groups excluding tert-OH is 2. The van der Waals surface area contributed by atoms with Crippen molar-refractivity contribution in [2.75, 3.05) is 0 Å². The highest BCUT2D eigenvalue weighted by Crippen LogP contribution is 2.64. The van der Waals surface area contributed by atoms with E-state index in [0.29, 0.717) is 23.7 Å². The molecule has 32 heavy (non-hydrogen) atoms. The van der Waals surface area contributed by atoms with Crippen LogP contribution >= 0.6 is 0 Å². The molecule has 0 aromatic rings. The molecule has 2 heteroatoms. The summed E-state index contributed by atoms with van der Waals surface area (Å²) in [7, 11) is 0. The molecule has 0 spiro atoms. The number of hydrogen-bond acceptors (Lipinski definition) is 2. The summed E-state index contributed by atoms with van der Waals surface area (Å²) in [5, 5.41) is 21.6. The maximum absolute atomic E-state index is 10.8. The Morgan fingerprint density at radius 2 is 1.31 bits per heavy atom. The van der Waals surface area contributed by atoms with E-state index in [2.05, 4.69) is 61.1 Å². The van der Waals surface area contributed by atoms with E-state index in [4.69, 9.17) is 0 Å². The van der Waals surface area contributed by atoms with Gasteiger partial charge in [0.25, 0.3) is 0 Å². The predicted molar refractivity (Wildman–Crippen MR) is 134 cm³/mol. The van der Waals surface area contributed by atoms with Gasteiger partial charge in [-0.25, -0.2) is 0 Å². The molecule has 3 saturated carbocycles. The summed E-state index contributed by atoms with van der Waals surface area (Å²) in [6.45, 7) is 21.2. The van der Waals surface area contributed by atoms with Crippen LogP contribution in [0.2, 0.25) is 0 Å². The second-order valence-electron chi connectivity index (χ2n) is 13.9. The Morgan fingerprint density at radius 3 is 1.91 bits per heavy atom. The van der Waals surface area contributed by atoms with Gasteiger partial charge in [-0.1, -0.05) is 65.3 Å². The van der Waals surface area contributed by atoms with Crippen molar-refractivity contribution in [2.24, 2.45) is 45.3 Å². The van der Waals surface area contributed by atoms with Crippen LogP contribution in [0.25, 0.3) is 0 Å². The fourth-order valence-corrected chi connectivity index (χ4v) is 9.62. The van der Waals surface area contributed by atoms with Gasteiger partial charge in [-0.3, -0.25) is 0 Å². The number of fused-ring (bicyclic) bond motifs is 2. The number of aliphatic hydroxyl groups is 2. The molecule has 0 aliphatic heterocycles. The van der Waals surface area contributed by atoms with Crippen molar-refractivity contribution in [3.63, 3.8) is 0 Å². The normalized spacial score (nSPS) is 47.9. The number of hydrogen-bond donors (Lipinski definition) is 2. The first-order chi connectivity index (χ1) is 14.8. The molecular formula is C30H50O2. The fourth-order valence-electron chi connectivity index (χ4n) is 9.62. The standard InChI is InChI=1S/C30H50O2/c1-19-9-13-23-27(3,4)25(31)15-17-29(23,7)21(19)11-12-22-20(2)10-14-24-28(5,6)26(32)16-18-30(22,24)8/h10,21-26,31-32H,1,9,11-18H2,2-8H3/t21-,22-,23-,24-,25-,26-,29+,30+/m0/s1. The van der Waals surface area contributed by atoms with Gasteiger partial charge in [-0.2, -0.15) is 0 Å². The molecule has 8 atom stereocenters. The van der Waals surface area contributed by atoms with Crippen molar-refractivity contribution in [3.8, 4) is 0 Å². The van der Waals surface area contributed by atoms with Gasteiger partial charge in [0, 0.05) is 0 Å². The molecule has 4 aliphatic rings. The van der Waals surface area contributed by atoms with Gasteiger partial charge in [0.1, 0.15) is 0 Å². The Hall–Kier alpha value is -0.600. The van der Waals surface area contributed by atoms with E-state index in [1.165, 1.54) is 24.8 Å². The third-order valence-electron chi connectivity index (χ3n) is 11.8. The molecule has 4 rings (SSSR count). The maximum atomic E-state index is 10.8. The highest BCUT2D eigenvalue weighted by molar-refractivity contribution is 5.21. The molecule has 2 N–H and O–H groups in total. The smallest absolute Gasteiger partial charge is 0.0594 e. The van der Waals surface area contributed by atoms with Crippen molar-refractivity contribution in [2.45, 2.75) is 118 Å². The highest BCUT2D eigenvalue weighted by Gasteiger charge is 2.57. The summed E-state index contributed by atoms with van der Waals surface area (Å²) in [4.78, 5) is 0. The summed E-state index contributed by atoms with van der Waals surface area (Å²) in [5.74, 6) is 2.29. The van der Waals surface area contributed by atoms with Crippen molar-refractivity contribution < 1.29 is 10.2 Å². The predicted octanol–water partition coefficient (Wildman–Crippen LogP) is 7.31. The van der Waals surface area contributed by atoms with Gasteiger partial charge in [0.05, 0.1) is 12.2 Å². The summed E-state index contributed by atoms with van der Waals surface area (Å²) in [6.07, 6.45) is 12.2. The molecule has 0 amide bonds. The second-order valence-corrected chi connectivity index (χ2v) is 13.9. The second kappa shape index (κ2) is 7.98. The Morgan fingerprint density at radius 1 is 0.812 bits per heavy atom. The lowest BCUT2D eigenvalue weighted by Crippen LogP contribution is -2.55. The summed E-state index contributed by atoms with van der Waals surface area (Å²) >= 11 is 0. The molecule has 0 bridgehead atoms. The Kier molecular flexibility index (Phi) is 6.11. The average Bonchev–Trinajstić information content (AvgIpc) is 2.69. The van der Waals surface area contributed by atoms with E-state index in [1.807, 2.05) is 0 Å². The van der Waals surface area contributed by atoms with Gasteiger partial charge in [0.15, 0.2) is 0 Å². The van der Waals surface area contributed by atoms with Gasteiger partial charge >= 0.3 is 0 Å². The summed E-state index contributed by atoms with van der Waals surface area (Å²) in [6, 6.07) is 0. The Labute approximate surface area is 198 Å². The molecule has 0 saturated heterocycles. The third-order valence-corrected chi connectivity index (χ3v) is 11.8. The Bertz CT molecular complexity index is 776. The van der Waals surface area contributed by atoms with E-state index >= 15 is 0 Å². The van der Waals surface area contributed by atoms with E-state index in [1.54, 1.807) is 5.57 Å². The van der Waals surface area contributed by atoms with Crippen LogP contribution in [-0.2, 0) is 0 Å². The third kappa shape index (κ3) is 3.49.